The lowest BCUT2D eigenvalue weighted by molar-refractivity contribution is -0.127. The zero-order chi connectivity index (χ0) is 35.6. The second-order valence-electron chi connectivity index (χ2n) is 14.4. The van der Waals surface area contributed by atoms with Crippen LogP contribution in [-0.2, 0) is 27.5 Å². The van der Waals surface area contributed by atoms with Crippen molar-refractivity contribution in [2.24, 2.45) is 5.92 Å². The van der Waals surface area contributed by atoms with Gasteiger partial charge in [0.1, 0.15) is 17.9 Å². The van der Waals surface area contributed by atoms with Gasteiger partial charge in [0.25, 0.3) is 0 Å². The van der Waals surface area contributed by atoms with E-state index < -0.39 is 18.3 Å². The molecule has 7 N–H and O–H groups in total. The maximum absolute atomic E-state index is 12.6. The van der Waals surface area contributed by atoms with Crippen molar-refractivity contribution in [1.82, 2.24) is 41.2 Å². The molecule has 4 fully saturated rings. The van der Waals surface area contributed by atoms with E-state index in [-0.39, 0.29) is 53.8 Å². The first-order valence-electron chi connectivity index (χ1n) is 18.6. The number of urea groups is 1. The van der Waals surface area contributed by atoms with Gasteiger partial charge < -0.3 is 41.5 Å². The number of likely N-dealkylation sites (tertiary alicyclic amines) is 1. The van der Waals surface area contributed by atoms with Crippen molar-refractivity contribution in [3.8, 4) is 0 Å². The summed E-state index contributed by atoms with van der Waals surface area (Å²) in [7, 11) is 0. The first-order chi connectivity index (χ1) is 24.1. The minimum absolute atomic E-state index is 0.0219. The van der Waals surface area contributed by atoms with Crippen molar-refractivity contribution < 1.29 is 34.5 Å². The molecule has 5 rings (SSSR count). The van der Waals surface area contributed by atoms with Gasteiger partial charge in [-0.25, -0.2) is 4.79 Å². The van der Waals surface area contributed by atoms with E-state index in [1.165, 1.54) is 0 Å². The molecule has 1 saturated carbocycles. The van der Waals surface area contributed by atoms with Crippen LogP contribution in [0, 0.1) is 5.92 Å². The van der Waals surface area contributed by atoms with Crippen LogP contribution in [-0.4, -0.2) is 119 Å². The number of thioether (sulfide) groups is 1. The molecule has 0 bridgehead atoms. The Morgan fingerprint density at radius 3 is 2.38 bits per heavy atom. The number of rotatable bonds is 21. The van der Waals surface area contributed by atoms with E-state index in [2.05, 4.69) is 31.6 Å². The van der Waals surface area contributed by atoms with E-state index in [0.29, 0.717) is 43.3 Å². The quantitative estimate of drug-likeness (QED) is 0.0543. The van der Waals surface area contributed by atoms with Gasteiger partial charge in [-0.3, -0.25) is 19.1 Å². The highest BCUT2D eigenvalue weighted by Crippen LogP contribution is 2.45. The summed E-state index contributed by atoms with van der Waals surface area (Å²) in [5.74, 6) is 0.721. The summed E-state index contributed by atoms with van der Waals surface area (Å²) >= 11 is 1.90. The van der Waals surface area contributed by atoms with Gasteiger partial charge in [0, 0.05) is 49.3 Å². The molecule has 0 unspecified atom stereocenters. The van der Waals surface area contributed by atoms with Crippen LogP contribution in [0.5, 0.6) is 0 Å². The third kappa shape index (κ3) is 10.3. The van der Waals surface area contributed by atoms with Crippen molar-refractivity contribution >= 4 is 35.5 Å². The monoisotopic (exact) mass is 720 g/mol. The van der Waals surface area contributed by atoms with E-state index in [1.807, 2.05) is 18.0 Å². The SMILES string of the molecule is C[C@H]1[C@@H](O)[C@@H](O)[C@H](O)[C@H]2[C@@H]1N2C(=O)CCCCCCCn1cc(CNC(=O)CCCCCNC(=O)CCCC[C@@H]2SC[C@@H]3NC(=O)N[C@@H]32)nn1. The number of nitrogens with one attached hydrogen (secondary N) is 4. The predicted octanol–water partition coefficient (Wildman–Crippen LogP) is 0.949. The first-order valence-corrected chi connectivity index (χ1v) is 19.7. The maximum atomic E-state index is 12.6. The molecule has 50 heavy (non-hydrogen) atoms. The fourth-order valence-corrected chi connectivity index (χ4v) is 9.19. The second kappa shape index (κ2) is 18.5. The number of aromatic nitrogens is 3. The van der Waals surface area contributed by atoms with E-state index >= 15 is 0 Å². The van der Waals surface area contributed by atoms with Crippen LogP contribution in [0.15, 0.2) is 6.20 Å². The first kappa shape index (κ1) is 38.3. The molecule has 4 aliphatic rings. The number of aryl methyl sites for hydroxylation is 1. The van der Waals surface area contributed by atoms with E-state index in [1.54, 1.807) is 16.5 Å². The van der Waals surface area contributed by atoms with Crippen LogP contribution < -0.4 is 21.3 Å². The average molecular weight is 721 g/mol. The van der Waals surface area contributed by atoms with Crippen LogP contribution in [0.2, 0.25) is 0 Å². The molecule has 1 aromatic heterocycles. The maximum Gasteiger partial charge on any atom is 0.315 e. The van der Waals surface area contributed by atoms with Gasteiger partial charge in [-0.15, -0.1) is 5.10 Å². The minimum Gasteiger partial charge on any atom is -0.390 e. The Labute approximate surface area is 298 Å². The molecule has 0 aromatic carbocycles. The lowest BCUT2D eigenvalue weighted by Gasteiger charge is -2.30. The highest BCUT2D eigenvalue weighted by atomic mass is 32.2. The van der Waals surface area contributed by atoms with Gasteiger partial charge in [0.05, 0.1) is 43.0 Å². The van der Waals surface area contributed by atoms with Gasteiger partial charge in [-0.05, 0) is 38.5 Å². The molecule has 5 amide bonds. The molecular weight excluding hydrogens is 664 g/mol. The standard InChI is InChI=1S/C34H56N8O7S/c1-21-29-30(32(47)33(48)31(21)46)42(29)27(45)15-7-3-2-4-11-17-41-19-22(39-40-41)18-36-26(44)13-6-5-10-16-35-25(43)14-9-8-12-24-28-23(20-50-24)37-34(49)38-28/h19,21,23-24,28-33,46-48H,2-18,20H2,1H3,(H,35,43)(H,36,44)(H2,37,38,49)/t21-,23+,24+,28+,29-,30-,31-,32-,33-,42?/m1/s1. The van der Waals surface area contributed by atoms with Crippen molar-refractivity contribution in [3.63, 3.8) is 0 Å². The van der Waals surface area contributed by atoms with Gasteiger partial charge in [-0.1, -0.05) is 44.2 Å². The zero-order valence-corrected chi connectivity index (χ0v) is 30.0. The fraction of sp³-hybridized carbons (Fsp3) is 0.824. The van der Waals surface area contributed by atoms with Gasteiger partial charge in [0.2, 0.25) is 17.7 Å². The lowest BCUT2D eigenvalue weighted by atomic mass is 9.84. The number of amides is 5. The zero-order valence-electron chi connectivity index (χ0n) is 29.2. The number of aliphatic hydroxyl groups is 3. The largest absolute Gasteiger partial charge is 0.390 e. The van der Waals surface area contributed by atoms with Crippen LogP contribution in [0.25, 0.3) is 0 Å². The molecule has 3 aliphatic heterocycles. The van der Waals surface area contributed by atoms with E-state index in [4.69, 9.17) is 0 Å². The van der Waals surface area contributed by atoms with Gasteiger partial charge in [0.15, 0.2) is 0 Å². The molecule has 15 nitrogen and oxygen atoms in total. The van der Waals surface area contributed by atoms with Crippen LogP contribution in [0.3, 0.4) is 0 Å². The highest BCUT2D eigenvalue weighted by molar-refractivity contribution is 8.00. The number of carbonyl (C=O) groups is 4. The molecule has 4 heterocycles. The topological polar surface area (TPSA) is 211 Å². The molecule has 9 atom stereocenters. The van der Waals surface area contributed by atoms with Crippen LogP contribution in [0.4, 0.5) is 4.79 Å². The van der Waals surface area contributed by atoms with Gasteiger partial charge >= 0.3 is 6.03 Å². The highest BCUT2D eigenvalue weighted by Gasteiger charge is 2.64. The Morgan fingerprint density at radius 2 is 1.56 bits per heavy atom. The second-order valence-corrected chi connectivity index (χ2v) is 15.7. The summed E-state index contributed by atoms with van der Waals surface area (Å²) in [6, 6.07) is -0.184. The van der Waals surface area contributed by atoms with Crippen molar-refractivity contribution in [2.75, 3.05) is 12.3 Å². The predicted molar refractivity (Wildman–Crippen MR) is 187 cm³/mol. The summed E-state index contributed by atoms with van der Waals surface area (Å²) in [5.41, 5.74) is 0.711. The fourth-order valence-electron chi connectivity index (χ4n) is 7.64. The molecule has 1 aliphatic carbocycles. The van der Waals surface area contributed by atoms with Crippen LogP contribution >= 0.6 is 11.8 Å². The number of nitrogens with zero attached hydrogens (tertiary/aromatic N) is 4. The Balaban J connectivity index is 0.805. The Kier molecular flexibility index (Phi) is 14.2. The smallest absolute Gasteiger partial charge is 0.315 e. The average Bonchev–Trinajstić information content (AvgIpc) is 3.29. The Morgan fingerprint density at radius 1 is 0.860 bits per heavy atom. The molecule has 0 radical (unpaired) electrons. The Hall–Kier alpha value is -2.95. The third-order valence-electron chi connectivity index (χ3n) is 10.6. The molecule has 3 saturated heterocycles. The number of unbranched alkanes of at least 4 members (excludes halogenated alkanes) is 7. The van der Waals surface area contributed by atoms with Crippen LogP contribution in [0.1, 0.15) is 103 Å². The molecule has 1 aromatic rings. The lowest BCUT2D eigenvalue weighted by Crippen LogP contribution is -2.50. The number of aliphatic hydroxyl groups excluding tert-OH is 3. The van der Waals surface area contributed by atoms with Crippen molar-refractivity contribution in [3.05, 3.63) is 11.9 Å². The summed E-state index contributed by atoms with van der Waals surface area (Å²) in [6.45, 7) is 3.49. The minimum atomic E-state index is -1.21. The number of hydrogen-bond acceptors (Lipinski definition) is 10. The van der Waals surface area contributed by atoms with Gasteiger partial charge in [-0.2, -0.15) is 11.8 Å². The molecule has 16 heteroatoms. The Bertz CT molecular complexity index is 1280. The van der Waals surface area contributed by atoms with E-state index in [0.717, 1.165) is 82.9 Å². The normalized spacial score (nSPS) is 29.6. The number of fused-ring (bicyclic) bond motifs is 2. The summed E-state index contributed by atoms with van der Waals surface area (Å²) < 4.78 is 1.79. The molecular formula is C34H56N8O7S. The number of hydrogen-bond donors (Lipinski definition) is 7. The summed E-state index contributed by atoms with van der Waals surface area (Å²) in [5, 5.41) is 50.8. The number of carbonyl (C=O) groups excluding carboxylic acids is 4. The molecule has 280 valence electrons. The third-order valence-corrected chi connectivity index (χ3v) is 12.1. The molecule has 0 spiro atoms. The van der Waals surface area contributed by atoms with Crippen molar-refractivity contribution in [2.45, 2.75) is 158 Å². The summed E-state index contributed by atoms with van der Waals surface area (Å²) in [4.78, 5) is 50.2. The van der Waals surface area contributed by atoms with E-state index in [9.17, 15) is 34.5 Å². The van der Waals surface area contributed by atoms with Crippen molar-refractivity contribution in [1.29, 1.82) is 0 Å². The summed E-state index contributed by atoms with van der Waals surface area (Å²) in [6.07, 6.45) is 9.75.